The lowest BCUT2D eigenvalue weighted by atomic mass is 10.00. The first-order valence-corrected chi connectivity index (χ1v) is 9.60. The van der Waals surface area contributed by atoms with Gasteiger partial charge in [-0.15, -0.1) is 11.8 Å². The molecule has 1 atom stereocenters. The summed E-state index contributed by atoms with van der Waals surface area (Å²) in [5, 5.41) is 3.22. The molecular formula is C18H25N3O2S. The largest absolute Gasteiger partial charge is 0.338 e. The van der Waals surface area contributed by atoms with Crippen LogP contribution in [-0.4, -0.2) is 65.5 Å². The molecule has 5 nitrogen and oxygen atoms in total. The monoisotopic (exact) mass is 347 g/mol. The number of carbonyl (C=O) groups excluding carboxylic acids is 2. The maximum Gasteiger partial charge on any atom is 0.254 e. The highest BCUT2D eigenvalue weighted by atomic mass is 32.2. The molecule has 6 heteroatoms. The molecule has 2 heterocycles. The topological polar surface area (TPSA) is 52.7 Å². The van der Waals surface area contributed by atoms with E-state index in [9.17, 15) is 9.59 Å². The zero-order chi connectivity index (χ0) is 17.3. The number of nitrogens with zero attached hydrogens (tertiary/aromatic N) is 2. The second kappa shape index (κ2) is 7.15. The molecule has 130 valence electrons. The fraction of sp³-hybridized carbons (Fsp3) is 0.556. The first-order chi connectivity index (χ1) is 11.5. The zero-order valence-corrected chi connectivity index (χ0v) is 15.4. The molecule has 2 aliphatic rings. The van der Waals surface area contributed by atoms with Gasteiger partial charge in [-0.1, -0.05) is 6.07 Å². The number of thioether (sulfide) groups is 1. The number of aryl methyl sites for hydroxylation is 3. The van der Waals surface area contributed by atoms with Crippen LogP contribution < -0.4 is 5.32 Å². The quantitative estimate of drug-likeness (QED) is 0.882. The maximum atomic E-state index is 12.8. The van der Waals surface area contributed by atoms with E-state index >= 15 is 0 Å². The molecule has 2 aliphatic heterocycles. The summed E-state index contributed by atoms with van der Waals surface area (Å²) in [5.74, 6) is 1.95. The van der Waals surface area contributed by atoms with Gasteiger partial charge in [-0.05, 0) is 43.5 Å². The molecular weight excluding hydrogens is 322 g/mol. The van der Waals surface area contributed by atoms with Crippen LogP contribution in [0.2, 0.25) is 0 Å². The van der Waals surface area contributed by atoms with Crippen LogP contribution in [0.5, 0.6) is 0 Å². The predicted molar refractivity (Wildman–Crippen MR) is 97.4 cm³/mol. The van der Waals surface area contributed by atoms with E-state index in [0.717, 1.165) is 28.3 Å². The summed E-state index contributed by atoms with van der Waals surface area (Å²) in [4.78, 5) is 29.0. The Morgan fingerprint density at radius 2 is 1.62 bits per heavy atom. The third kappa shape index (κ3) is 3.44. The van der Waals surface area contributed by atoms with Crippen LogP contribution in [0.1, 0.15) is 27.0 Å². The van der Waals surface area contributed by atoms with Gasteiger partial charge in [0, 0.05) is 43.4 Å². The van der Waals surface area contributed by atoms with Gasteiger partial charge in [0.05, 0.1) is 6.04 Å². The van der Waals surface area contributed by atoms with E-state index in [1.165, 1.54) is 5.56 Å². The van der Waals surface area contributed by atoms with Gasteiger partial charge in [0.2, 0.25) is 5.91 Å². The lowest BCUT2D eigenvalue weighted by Gasteiger charge is -2.36. The van der Waals surface area contributed by atoms with Crippen LogP contribution in [0.3, 0.4) is 0 Å². The standard InChI is InChI=1S/C18H25N3O2S/c1-12-8-14(3)15(9-13(12)2)17(22)20-4-6-21(7-5-20)18(23)16-10-24-11-19-16/h8-9,16,19H,4-7,10-11H2,1-3H3. The highest BCUT2D eigenvalue weighted by Crippen LogP contribution is 2.19. The number of carbonyl (C=O) groups is 2. The lowest BCUT2D eigenvalue weighted by Crippen LogP contribution is -2.54. The van der Waals surface area contributed by atoms with Crippen molar-refractivity contribution in [2.75, 3.05) is 37.8 Å². The summed E-state index contributed by atoms with van der Waals surface area (Å²) in [6, 6.07) is 4.01. The third-order valence-electron chi connectivity index (χ3n) is 4.96. The normalized spacial score (nSPS) is 21.2. The Kier molecular flexibility index (Phi) is 5.15. The Morgan fingerprint density at radius 1 is 1.00 bits per heavy atom. The van der Waals surface area contributed by atoms with Crippen LogP contribution in [0.25, 0.3) is 0 Å². The van der Waals surface area contributed by atoms with E-state index in [0.29, 0.717) is 26.2 Å². The second-order valence-electron chi connectivity index (χ2n) is 6.64. The van der Waals surface area contributed by atoms with Gasteiger partial charge in [0.25, 0.3) is 5.91 Å². The minimum Gasteiger partial charge on any atom is -0.338 e. The van der Waals surface area contributed by atoms with Gasteiger partial charge >= 0.3 is 0 Å². The summed E-state index contributed by atoms with van der Waals surface area (Å²) in [6.45, 7) is 8.55. The Balaban J connectivity index is 1.63. The summed E-state index contributed by atoms with van der Waals surface area (Å²) >= 11 is 1.76. The molecule has 2 amide bonds. The fourth-order valence-electron chi connectivity index (χ4n) is 3.27. The molecule has 1 N–H and O–H groups in total. The molecule has 1 unspecified atom stereocenters. The molecule has 0 saturated carbocycles. The molecule has 1 aromatic rings. The molecule has 0 bridgehead atoms. The zero-order valence-electron chi connectivity index (χ0n) is 14.6. The second-order valence-corrected chi connectivity index (χ2v) is 7.67. The first-order valence-electron chi connectivity index (χ1n) is 8.44. The van der Waals surface area contributed by atoms with E-state index in [2.05, 4.69) is 18.3 Å². The molecule has 24 heavy (non-hydrogen) atoms. The van der Waals surface area contributed by atoms with Crippen LogP contribution >= 0.6 is 11.8 Å². The molecule has 2 saturated heterocycles. The molecule has 3 rings (SSSR count). The van der Waals surface area contributed by atoms with E-state index in [4.69, 9.17) is 0 Å². The van der Waals surface area contributed by atoms with Crippen molar-refractivity contribution in [3.05, 3.63) is 34.4 Å². The smallest absolute Gasteiger partial charge is 0.254 e. The molecule has 1 aromatic carbocycles. The fourth-order valence-corrected chi connectivity index (χ4v) is 4.20. The van der Waals surface area contributed by atoms with Gasteiger partial charge in [0.1, 0.15) is 0 Å². The highest BCUT2D eigenvalue weighted by molar-refractivity contribution is 7.99. The molecule has 0 spiro atoms. The van der Waals surface area contributed by atoms with Crippen molar-refractivity contribution in [3.8, 4) is 0 Å². The van der Waals surface area contributed by atoms with Crippen molar-refractivity contribution < 1.29 is 9.59 Å². The molecule has 2 fully saturated rings. The van der Waals surface area contributed by atoms with Gasteiger partial charge in [-0.25, -0.2) is 0 Å². The Morgan fingerprint density at radius 3 is 2.25 bits per heavy atom. The van der Waals surface area contributed by atoms with Crippen LogP contribution in [-0.2, 0) is 4.79 Å². The number of amides is 2. The van der Waals surface area contributed by atoms with E-state index in [-0.39, 0.29) is 17.9 Å². The summed E-state index contributed by atoms with van der Waals surface area (Å²) in [5.41, 5.74) is 4.16. The molecule has 0 radical (unpaired) electrons. The van der Waals surface area contributed by atoms with Crippen molar-refractivity contribution in [2.24, 2.45) is 0 Å². The van der Waals surface area contributed by atoms with Crippen molar-refractivity contribution in [1.29, 1.82) is 0 Å². The number of benzene rings is 1. The Hall–Kier alpha value is -1.53. The minimum atomic E-state index is -0.0563. The summed E-state index contributed by atoms with van der Waals surface area (Å²) in [7, 11) is 0. The van der Waals surface area contributed by atoms with E-state index < -0.39 is 0 Å². The van der Waals surface area contributed by atoms with Crippen molar-refractivity contribution in [3.63, 3.8) is 0 Å². The third-order valence-corrected chi connectivity index (χ3v) is 5.90. The van der Waals surface area contributed by atoms with Crippen molar-refractivity contribution in [2.45, 2.75) is 26.8 Å². The highest BCUT2D eigenvalue weighted by Gasteiger charge is 2.31. The maximum absolute atomic E-state index is 12.8. The Bertz CT molecular complexity index is 648. The molecule has 0 aliphatic carbocycles. The van der Waals surface area contributed by atoms with E-state index in [1.807, 2.05) is 29.7 Å². The number of nitrogens with one attached hydrogen (secondary N) is 1. The van der Waals surface area contributed by atoms with Crippen LogP contribution in [0, 0.1) is 20.8 Å². The lowest BCUT2D eigenvalue weighted by molar-refractivity contribution is -0.134. The number of hydrogen-bond acceptors (Lipinski definition) is 4. The van der Waals surface area contributed by atoms with Crippen LogP contribution in [0.15, 0.2) is 12.1 Å². The van der Waals surface area contributed by atoms with Gasteiger partial charge in [-0.2, -0.15) is 0 Å². The number of rotatable bonds is 2. The van der Waals surface area contributed by atoms with Gasteiger partial charge < -0.3 is 9.80 Å². The summed E-state index contributed by atoms with van der Waals surface area (Å²) < 4.78 is 0. The van der Waals surface area contributed by atoms with Crippen LogP contribution in [0.4, 0.5) is 0 Å². The predicted octanol–water partition coefficient (Wildman–Crippen LogP) is 1.56. The minimum absolute atomic E-state index is 0.0563. The average molecular weight is 347 g/mol. The van der Waals surface area contributed by atoms with Crippen molar-refractivity contribution >= 4 is 23.6 Å². The number of piperazine rings is 1. The SMILES string of the molecule is Cc1cc(C)c(C(=O)N2CCN(C(=O)C3CSCN3)CC2)cc1C. The van der Waals surface area contributed by atoms with E-state index in [1.54, 1.807) is 11.8 Å². The van der Waals surface area contributed by atoms with Crippen molar-refractivity contribution in [1.82, 2.24) is 15.1 Å². The van der Waals surface area contributed by atoms with Gasteiger partial charge in [0.15, 0.2) is 0 Å². The Labute approximate surface area is 147 Å². The molecule has 0 aromatic heterocycles. The number of hydrogen-bond donors (Lipinski definition) is 1. The first kappa shape index (κ1) is 17.3. The average Bonchev–Trinajstić information content (AvgIpc) is 3.11. The van der Waals surface area contributed by atoms with Gasteiger partial charge in [-0.3, -0.25) is 14.9 Å². The summed E-state index contributed by atoms with van der Waals surface area (Å²) in [6.07, 6.45) is 0.